The molecule has 0 radical (unpaired) electrons. The highest BCUT2D eigenvalue weighted by Gasteiger charge is 2.30. The fourth-order valence-electron chi connectivity index (χ4n) is 3.21. The van der Waals surface area contributed by atoms with Crippen LogP contribution in [0.25, 0.3) is 0 Å². The Morgan fingerprint density at radius 2 is 1.84 bits per heavy atom. The predicted molar refractivity (Wildman–Crippen MR) is 77.2 cm³/mol. The summed E-state index contributed by atoms with van der Waals surface area (Å²) in [4.78, 5) is 0. The minimum absolute atomic E-state index is 0.156. The number of nitrogens with zero attached hydrogens (tertiary/aromatic N) is 1. The summed E-state index contributed by atoms with van der Waals surface area (Å²) in [7, 11) is -1.35. The van der Waals surface area contributed by atoms with Crippen molar-refractivity contribution in [3.05, 3.63) is 0 Å². The molecule has 1 unspecified atom stereocenters. The zero-order valence-electron chi connectivity index (χ0n) is 11.9. The van der Waals surface area contributed by atoms with Gasteiger partial charge in [0.15, 0.2) is 0 Å². The van der Waals surface area contributed by atoms with Gasteiger partial charge in [-0.2, -0.15) is 17.4 Å². The lowest BCUT2D eigenvalue weighted by Gasteiger charge is -2.33. The van der Waals surface area contributed by atoms with E-state index >= 15 is 0 Å². The van der Waals surface area contributed by atoms with E-state index in [1.807, 2.05) is 7.05 Å². The fraction of sp³-hybridized carbons (Fsp3) is 1.00. The van der Waals surface area contributed by atoms with E-state index in [9.17, 15) is 8.42 Å². The van der Waals surface area contributed by atoms with Gasteiger partial charge in [-0.3, -0.25) is 0 Å². The van der Waals surface area contributed by atoms with Crippen LogP contribution in [0.15, 0.2) is 0 Å². The third kappa shape index (κ3) is 4.41. The van der Waals surface area contributed by atoms with Crippen molar-refractivity contribution in [1.82, 2.24) is 14.3 Å². The van der Waals surface area contributed by atoms with E-state index in [0.29, 0.717) is 19.0 Å². The Hall–Kier alpha value is -0.170. The summed E-state index contributed by atoms with van der Waals surface area (Å²) in [5, 5.41) is 3.15. The molecule has 1 aliphatic heterocycles. The molecule has 0 aromatic heterocycles. The lowest BCUT2D eigenvalue weighted by molar-refractivity contribution is 0.257. The first-order chi connectivity index (χ1) is 9.12. The Kier molecular flexibility index (Phi) is 5.62. The Labute approximate surface area is 117 Å². The third-order valence-electron chi connectivity index (χ3n) is 4.24. The second-order valence-electron chi connectivity index (χ2n) is 5.88. The van der Waals surface area contributed by atoms with Gasteiger partial charge in [-0.05, 0) is 45.2 Å². The highest BCUT2D eigenvalue weighted by molar-refractivity contribution is 7.87. The molecule has 1 atom stereocenters. The molecular weight excluding hydrogens is 262 g/mol. The van der Waals surface area contributed by atoms with Crippen LogP contribution in [-0.2, 0) is 10.2 Å². The molecular formula is C13H27N3O2S. The maximum absolute atomic E-state index is 12.4. The number of nitrogens with one attached hydrogen (secondary N) is 2. The van der Waals surface area contributed by atoms with Gasteiger partial charge in [0.25, 0.3) is 10.2 Å². The first kappa shape index (κ1) is 15.2. The summed E-state index contributed by atoms with van der Waals surface area (Å²) in [6.45, 7) is 2.22. The average Bonchev–Trinajstić information content (AvgIpc) is 2.40. The van der Waals surface area contributed by atoms with Crippen LogP contribution in [0.4, 0.5) is 0 Å². The number of hydrogen-bond donors (Lipinski definition) is 2. The van der Waals surface area contributed by atoms with Crippen LogP contribution in [0.1, 0.15) is 44.9 Å². The van der Waals surface area contributed by atoms with Crippen LogP contribution in [0.3, 0.4) is 0 Å². The summed E-state index contributed by atoms with van der Waals surface area (Å²) in [5.41, 5.74) is 0. The minimum Gasteiger partial charge on any atom is -0.319 e. The largest absolute Gasteiger partial charge is 0.319 e. The topological polar surface area (TPSA) is 61.4 Å². The number of rotatable bonds is 5. The molecule has 19 heavy (non-hydrogen) atoms. The highest BCUT2D eigenvalue weighted by Crippen LogP contribution is 2.21. The molecule has 6 heteroatoms. The van der Waals surface area contributed by atoms with Crippen molar-refractivity contribution in [1.29, 1.82) is 0 Å². The van der Waals surface area contributed by atoms with Crippen LogP contribution in [0.2, 0.25) is 0 Å². The lowest BCUT2D eigenvalue weighted by atomic mass is 9.96. The van der Waals surface area contributed by atoms with Crippen LogP contribution >= 0.6 is 0 Å². The maximum atomic E-state index is 12.4. The van der Waals surface area contributed by atoms with Crippen molar-refractivity contribution in [2.75, 3.05) is 26.7 Å². The summed E-state index contributed by atoms with van der Waals surface area (Å²) in [6.07, 6.45) is 7.62. The van der Waals surface area contributed by atoms with Gasteiger partial charge < -0.3 is 5.32 Å². The third-order valence-corrected chi connectivity index (χ3v) is 5.88. The number of hydrogen-bond acceptors (Lipinski definition) is 3. The molecule has 0 amide bonds. The summed E-state index contributed by atoms with van der Waals surface area (Å²) < 4.78 is 29.3. The Morgan fingerprint density at radius 1 is 1.11 bits per heavy atom. The van der Waals surface area contributed by atoms with Crippen molar-refractivity contribution < 1.29 is 8.42 Å². The highest BCUT2D eigenvalue weighted by atomic mass is 32.2. The molecule has 2 fully saturated rings. The Balaban J connectivity index is 1.90. The molecule has 2 rings (SSSR count). The molecule has 112 valence electrons. The first-order valence-electron chi connectivity index (χ1n) is 7.54. The molecule has 0 aromatic carbocycles. The number of piperidine rings is 1. The minimum atomic E-state index is -3.28. The van der Waals surface area contributed by atoms with Crippen LogP contribution in [0, 0.1) is 5.92 Å². The fourth-order valence-corrected chi connectivity index (χ4v) is 4.79. The van der Waals surface area contributed by atoms with Gasteiger partial charge >= 0.3 is 0 Å². The van der Waals surface area contributed by atoms with Crippen LogP contribution in [0.5, 0.6) is 0 Å². The van der Waals surface area contributed by atoms with E-state index in [-0.39, 0.29) is 6.04 Å². The maximum Gasteiger partial charge on any atom is 0.279 e. The summed E-state index contributed by atoms with van der Waals surface area (Å²) >= 11 is 0. The average molecular weight is 289 g/mol. The summed E-state index contributed by atoms with van der Waals surface area (Å²) in [5.74, 6) is 0.446. The van der Waals surface area contributed by atoms with Gasteiger partial charge in [-0.1, -0.05) is 19.3 Å². The molecule has 5 nitrogen and oxygen atoms in total. The molecule has 1 saturated heterocycles. The van der Waals surface area contributed by atoms with Gasteiger partial charge in [-0.25, -0.2) is 0 Å². The quantitative estimate of drug-likeness (QED) is 0.796. The van der Waals surface area contributed by atoms with E-state index in [1.54, 1.807) is 4.31 Å². The molecule has 2 aliphatic rings. The second kappa shape index (κ2) is 7.02. The van der Waals surface area contributed by atoms with Gasteiger partial charge in [-0.15, -0.1) is 0 Å². The normalized spacial score (nSPS) is 27.5. The zero-order valence-corrected chi connectivity index (χ0v) is 12.7. The van der Waals surface area contributed by atoms with E-state index in [0.717, 1.165) is 45.1 Å². The van der Waals surface area contributed by atoms with E-state index < -0.39 is 10.2 Å². The van der Waals surface area contributed by atoms with Crippen molar-refractivity contribution >= 4 is 10.2 Å². The van der Waals surface area contributed by atoms with Crippen molar-refractivity contribution in [2.24, 2.45) is 5.92 Å². The molecule has 0 spiro atoms. The molecule has 1 heterocycles. The monoisotopic (exact) mass is 289 g/mol. The van der Waals surface area contributed by atoms with Gasteiger partial charge in [0.1, 0.15) is 0 Å². The molecule has 1 saturated carbocycles. The van der Waals surface area contributed by atoms with Crippen molar-refractivity contribution in [3.8, 4) is 0 Å². The summed E-state index contributed by atoms with van der Waals surface area (Å²) in [6, 6.07) is 0.156. The Bertz CT molecular complexity index is 364. The van der Waals surface area contributed by atoms with E-state index in [1.165, 1.54) is 6.42 Å². The van der Waals surface area contributed by atoms with Crippen LogP contribution < -0.4 is 10.0 Å². The van der Waals surface area contributed by atoms with Crippen LogP contribution in [-0.4, -0.2) is 45.4 Å². The van der Waals surface area contributed by atoms with Crippen molar-refractivity contribution in [2.45, 2.75) is 51.0 Å². The standard InChI is InChI=1S/C13H27N3O2S/c1-14-10-12-6-5-9-16(11-12)19(17,18)15-13-7-3-2-4-8-13/h12-15H,2-11H2,1H3. The first-order valence-corrected chi connectivity index (χ1v) is 8.98. The zero-order chi connectivity index (χ0) is 13.7. The predicted octanol–water partition coefficient (Wildman–Crippen LogP) is 1.08. The van der Waals surface area contributed by atoms with Crippen molar-refractivity contribution in [3.63, 3.8) is 0 Å². The van der Waals surface area contributed by atoms with Gasteiger partial charge in [0.05, 0.1) is 0 Å². The smallest absolute Gasteiger partial charge is 0.279 e. The molecule has 1 aliphatic carbocycles. The lowest BCUT2D eigenvalue weighted by Crippen LogP contribution is -2.50. The second-order valence-corrected chi connectivity index (χ2v) is 7.58. The van der Waals surface area contributed by atoms with E-state index in [4.69, 9.17) is 0 Å². The SMILES string of the molecule is CNCC1CCCN(S(=O)(=O)NC2CCCCC2)C1. The van der Waals surface area contributed by atoms with Gasteiger partial charge in [0, 0.05) is 19.1 Å². The Morgan fingerprint density at radius 3 is 2.53 bits per heavy atom. The molecule has 2 N–H and O–H groups in total. The van der Waals surface area contributed by atoms with Gasteiger partial charge in [0.2, 0.25) is 0 Å². The molecule has 0 aromatic rings. The molecule has 0 bridgehead atoms. The van der Waals surface area contributed by atoms with E-state index in [2.05, 4.69) is 10.0 Å².